The van der Waals surface area contributed by atoms with Crippen LogP contribution in [0.5, 0.6) is 0 Å². The molecule has 1 heterocycles. The highest BCUT2D eigenvalue weighted by Crippen LogP contribution is 2.28. The Hall–Kier alpha value is -1.93. The fraction of sp³-hybridized carbons (Fsp3) is 0.278. The molecule has 0 amide bonds. The Morgan fingerprint density at radius 2 is 1.95 bits per heavy atom. The molecule has 1 N–H and O–H groups in total. The van der Waals surface area contributed by atoms with Crippen LogP contribution in [0.2, 0.25) is 0 Å². The van der Waals surface area contributed by atoms with Gasteiger partial charge in [0.1, 0.15) is 0 Å². The number of aryl methyl sites for hydroxylation is 2. The summed E-state index contributed by atoms with van der Waals surface area (Å²) < 4.78 is 0. The summed E-state index contributed by atoms with van der Waals surface area (Å²) in [5.74, 6) is 0.156. The first-order chi connectivity index (χ1) is 9.66. The second-order valence-corrected chi connectivity index (χ2v) is 5.56. The highest BCUT2D eigenvalue weighted by atomic mass is 16.1. The van der Waals surface area contributed by atoms with E-state index in [4.69, 9.17) is 0 Å². The average molecular weight is 265 g/mol. The number of hydrogen-bond acceptors (Lipinski definition) is 2. The van der Waals surface area contributed by atoms with Crippen LogP contribution in [0.25, 0.3) is 0 Å². The number of benzene rings is 2. The van der Waals surface area contributed by atoms with Gasteiger partial charge in [0.15, 0.2) is 5.78 Å². The van der Waals surface area contributed by atoms with Gasteiger partial charge in [-0.3, -0.25) is 4.79 Å². The van der Waals surface area contributed by atoms with Crippen LogP contribution in [-0.2, 0) is 6.54 Å². The molecule has 1 aliphatic heterocycles. The monoisotopic (exact) mass is 265 g/mol. The van der Waals surface area contributed by atoms with Gasteiger partial charge < -0.3 is 5.32 Å². The molecule has 0 saturated heterocycles. The van der Waals surface area contributed by atoms with Crippen molar-refractivity contribution in [3.05, 3.63) is 70.3 Å². The van der Waals surface area contributed by atoms with Crippen LogP contribution in [0.4, 0.5) is 0 Å². The molecule has 0 aromatic heterocycles. The van der Waals surface area contributed by atoms with Gasteiger partial charge in [-0.1, -0.05) is 48.0 Å². The normalized spacial score (nSPS) is 17.6. The summed E-state index contributed by atoms with van der Waals surface area (Å²) in [6, 6.07) is 14.3. The highest BCUT2D eigenvalue weighted by Gasteiger charge is 2.27. The van der Waals surface area contributed by atoms with Gasteiger partial charge >= 0.3 is 0 Å². The lowest BCUT2D eigenvalue weighted by Gasteiger charge is -2.26. The largest absolute Gasteiger partial charge is 0.312 e. The third-order valence-corrected chi connectivity index (χ3v) is 4.06. The molecule has 0 saturated carbocycles. The molecule has 2 nitrogen and oxygen atoms in total. The lowest BCUT2D eigenvalue weighted by atomic mass is 9.84. The van der Waals surface area contributed by atoms with Gasteiger partial charge in [-0.15, -0.1) is 0 Å². The maximum absolute atomic E-state index is 12.9. The van der Waals surface area contributed by atoms with Crippen LogP contribution in [0.1, 0.15) is 38.5 Å². The minimum absolute atomic E-state index is 0.0682. The van der Waals surface area contributed by atoms with Crippen molar-refractivity contribution in [2.45, 2.75) is 26.3 Å². The fourth-order valence-electron chi connectivity index (χ4n) is 3.01. The molecule has 2 heteroatoms. The van der Waals surface area contributed by atoms with E-state index in [9.17, 15) is 4.79 Å². The Morgan fingerprint density at radius 3 is 2.75 bits per heavy atom. The van der Waals surface area contributed by atoms with Gasteiger partial charge in [0, 0.05) is 18.7 Å². The first-order valence-electron chi connectivity index (χ1n) is 7.07. The van der Waals surface area contributed by atoms with E-state index in [-0.39, 0.29) is 11.7 Å². The molecule has 1 aliphatic rings. The van der Waals surface area contributed by atoms with E-state index >= 15 is 0 Å². The highest BCUT2D eigenvalue weighted by molar-refractivity contribution is 6.02. The van der Waals surface area contributed by atoms with Crippen LogP contribution in [0, 0.1) is 13.8 Å². The molecule has 3 rings (SSSR count). The number of rotatable bonds is 2. The van der Waals surface area contributed by atoms with Crippen LogP contribution >= 0.6 is 0 Å². The summed E-state index contributed by atoms with van der Waals surface area (Å²) in [7, 11) is 0. The summed E-state index contributed by atoms with van der Waals surface area (Å²) in [6.45, 7) is 5.65. The fourth-order valence-corrected chi connectivity index (χ4v) is 3.01. The minimum atomic E-state index is -0.0682. The van der Waals surface area contributed by atoms with Crippen molar-refractivity contribution in [1.29, 1.82) is 0 Å². The van der Waals surface area contributed by atoms with Crippen LogP contribution < -0.4 is 5.32 Å². The molecule has 0 spiro atoms. The number of fused-ring (bicyclic) bond motifs is 1. The zero-order valence-corrected chi connectivity index (χ0v) is 11.9. The first kappa shape index (κ1) is 13.1. The second-order valence-electron chi connectivity index (χ2n) is 5.56. The topological polar surface area (TPSA) is 29.1 Å². The minimum Gasteiger partial charge on any atom is -0.312 e. The van der Waals surface area contributed by atoms with E-state index in [0.29, 0.717) is 0 Å². The van der Waals surface area contributed by atoms with Crippen molar-refractivity contribution in [1.82, 2.24) is 5.32 Å². The van der Waals surface area contributed by atoms with Crippen molar-refractivity contribution in [2.75, 3.05) is 6.54 Å². The molecule has 0 bridgehead atoms. The molecule has 102 valence electrons. The number of ketones is 1. The molecule has 0 radical (unpaired) electrons. The van der Waals surface area contributed by atoms with Gasteiger partial charge in [-0.25, -0.2) is 0 Å². The van der Waals surface area contributed by atoms with Gasteiger partial charge in [0.25, 0.3) is 0 Å². The molecule has 1 atom stereocenters. The Labute approximate surface area is 119 Å². The standard InChI is InChI=1S/C18H19NO/c1-12-7-8-15(13(2)9-12)18(20)17-11-19-10-14-5-3-4-6-16(14)17/h3-9,17,19H,10-11H2,1-2H3. The molecule has 0 fully saturated rings. The molecular formula is C18H19NO. The molecule has 0 aliphatic carbocycles. The first-order valence-corrected chi connectivity index (χ1v) is 7.07. The summed E-state index contributed by atoms with van der Waals surface area (Å²) in [5, 5.41) is 3.35. The van der Waals surface area contributed by atoms with E-state index in [0.717, 1.165) is 24.2 Å². The predicted molar refractivity (Wildman–Crippen MR) is 81.1 cm³/mol. The van der Waals surface area contributed by atoms with E-state index in [2.05, 4.69) is 30.4 Å². The number of carbonyl (C=O) groups is 1. The lowest BCUT2D eigenvalue weighted by molar-refractivity contribution is 0.0954. The third-order valence-electron chi connectivity index (χ3n) is 4.06. The maximum atomic E-state index is 12.9. The van der Waals surface area contributed by atoms with Gasteiger partial charge in [-0.05, 0) is 30.5 Å². The quantitative estimate of drug-likeness (QED) is 0.843. The van der Waals surface area contributed by atoms with E-state index in [1.807, 2.05) is 31.2 Å². The van der Waals surface area contributed by atoms with E-state index < -0.39 is 0 Å². The van der Waals surface area contributed by atoms with Crippen LogP contribution in [0.15, 0.2) is 42.5 Å². The summed E-state index contributed by atoms with van der Waals surface area (Å²) in [4.78, 5) is 12.9. The summed E-state index contributed by atoms with van der Waals surface area (Å²) in [5.41, 5.74) is 5.52. The molecule has 2 aromatic carbocycles. The predicted octanol–water partition coefficient (Wildman–Crippen LogP) is 3.37. The maximum Gasteiger partial charge on any atom is 0.171 e. The van der Waals surface area contributed by atoms with E-state index in [1.165, 1.54) is 16.7 Å². The van der Waals surface area contributed by atoms with E-state index in [1.54, 1.807) is 0 Å². The summed E-state index contributed by atoms with van der Waals surface area (Å²) >= 11 is 0. The van der Waals surface area contributed by atoms with Gasteiger partial charge in [0.05, 0.1) is 5.92 Å². The zero-order chi connectivity index (χ0) is 14.1. The van der Waals surface area contributed by atoms with Gasteiger partial charge in [-0.2, -0.15) is 0 Å². The summed E-state index contributed by atoms with van der Waals surface area (Å²) in [6.07, 6.45) is 0. The SMILES string of the molecule is Cc1ccc(C(=O)C2CNCc3ccccc32)c(C)c1. The average Bonchev–Trinajstić information content (AvgIpc) is 2.46. The van der Waals surface area contributed by atoms with Crippen LogP contribution in [0.3, 0.4) is 0 Å². The van der Waals surface area contributed by atoms with Crippen molar-refractivity contribution in [2.24, 2.45) is 0 Å². The zero-order valence-electron chi connectivity index (χ0n) is 11.9. The van der Waals surface area contributed by atoms with Crippen LogP contribution in [-0.4, -0.2) is 12.3 Å². The second kappa shape index (κ2) is 5.22. The molecule has 20 heavy (non-hydrogen) atoms. The Morgan fingerprint density at radius 1 is 1.15 bits per heavy atom. The molecule has 1 unspecified atom stereocenters. The van der Waals surface area contributed by atoms with Crippen molar-refractivity contribution in [3.63, 3.8) is 0 Å². The third kappa shape index (κ3) is 2.27. The Balaban J connectivity index is 2.00. The molecule has 2 aromatic rings. The van der Waals surface area contributed by atoms with Crippen molar-refractivity contribution >= 4 is 5.78 Å². The van der Waals surface area contributed by atoms with Crippen molar-refractivity contribution < 1.29 is 4.79 Å². The Kier molecular flexibility index (Phi) is 3.41. The number of Topliss-reactive ketones (excluding diaryl/α,β-unsaturated/α-hetero) is 1. The number of nitrogens with one attached hydrogen (secondary N) is 1. The number of carbonyl (C=O) groups excluding carboxylic acids is 1. The number of hydrogen-bond donors (Lipinski definition) is 1. The lowest BCUT2D eigenvalue weighted by Crippen LogP contribution is -2.32. The smallest absolute Gasteiger partial charge is 0.171 e. The van der Waals surface area contributed by atoms with Gasteiger partial charge in [0.2, 0.25) is 0 Å². The molecular weight excluding hydrogens is 246 g/mol. The van der Waals surface area contributed by atoms with Crippen molar-refractivity contribution in [3.8, 4) is 0 Å². The Bertz CT molecular complexity index is 660.